The van der Waals surface area contributed by atoms with Crippen LogP contribution in [0.1, 0.15) is 41.2 Å². The Morgan fingerprint density at radius 2 is 2.13 bits per heavy atom. The van der Waals surface area contributed by atoms with E-state index in [1.807, 2.05) is 6.92 Å². The molecule has 0 spiro atoms. The van der Waals surface area contributed by atoms with Crippen LogP contribution in [0, 0.1) is 13.8 Å². The number of hydrogen-bond acceptors (Lipinski definition) is 2. The van der Waals surface area contributed by atoms with Crippen molar-refractivity contribution >= 4 is 0 Å². The summed E-state index contributed by atoms with van der Waals surface area (Å²) in [5.74, 6) is 0.926. The third-order valence-corrected chi connectivity index (χ3v) is 3.30. The largest absolute Gasteiger partial charge is 0.496 e. The molecule has 0 heterocycles. The first kappa shape index (κ1) is 10.5. The van der Waals surface area contributed by atoms with Crippen molar-refractivity contribution in [2.45, 2.75) is 39.2 Å². The number of methoxy groups -OCH3 is 1. The predicted molar refractivity (Wildman–Crippen MR) is 60.4 cm³/mol. The highest BCUT2D eigenvalue weighted by Gasteiger charge is 2.22. The second kappa shape index (κ2) is 3.86. The fraction of sp³-hybridized carbons (Fsp3) is 0.538. The van der Waals surface area contributed by atoms with Crippen LogP contribution in [-0.2, 0) is 6.42 Å². The molecule has 0 saturated carbocycles. The van der Waals surface area contributed by atoms with Crippen LogP contribution in [0.5, 0.6) is 5.75 Å². The minimum Gasteiger partial charge on any atom is -0.496 e. The number of benzene rings is 1. The maximum Gasteiger partial charge on any atom is 0.125 e. The molecule has 0 fully saturated rings. The first-order chi connectivity index (χ1) is 7.15. The molecule has 0 radical (unpaired) electrons. The Bertz CT molecular complexity index is 383. The Balaban J connectivity index is 2.62. The van der Waals surface area contributed by atoms with Gasteiger partial charge in [-0.05, 0) is 55.4 Å². The van der Waals surface area contributed by atoms with Gasteiger partial charge in [0.05, 0.1) is 13.2 Å². The molecule has 2 nitrogen and oxygen atoms in total. The van der Waals surface area contributed by atoms with E-state index in [1.165, 1.54) is 11.1 Å². The summed E-state index contributed by atoms with van der Waals surface area (Å²) in [7, 11) is 1.69. The van der Waals surface area contributed by atoms with E-state index in [-0.39, 0.29) is 6.10 Å². The topological polar surface area (TPSA) is 29.5 Å². The van der Waals surface area contributed by atoms with Crippen LogP contribution in [0.15, 0.2) is 6.07 Å². The smallest absolute Gasteiger partial charge is 0.125 e. The molecule has 0 unspecified atom stereocenters. The number of aliphatic hydroxyl groups excluding tert-OH is 1. The fourth-order valence-electron chi connectivity index (χ4n) is 2.68. The standard InChI is InChI=1S/C13H18O2/c1-8-7-10-5-4-6-11(14)12(10)9(2)13(8)15-3/h7,11,14H,4-6H2,1-3H3/t11-/m1/s1. The molecule has 0 bridgehead atoms. The lowest BCUT2D eigenvalue weighted by Gasteiger charge is -2.25. The van der Waals surface area contributed by atoms with Gasteiger partial charge >= 0.3 is 0 Å². The van der Waals surface area contributed by atoms with Gasteiger partial charge in [-0.2, -0.15) is 0 Å². The Labute approximate surface area is 90.9 Å². The third kappa shape index (κ3) is 1.63. The van der Waals surface area contributed by atoms with Crippen LogP contribution in [0.4, 0.5) is 0 Å². The van der Waals surface area contributed by atoms with Crippen LogP contribution < -0.4 is 4.74 Å². The predicted octanol–water partition coefficient (Wildman–Crippen LogP) is 2.68. The lowest BCUT2D eigenvalue weighted by Crippen LogP contribution is -2.12. The summed E-state index contributed by atoms with van der Waals surface area (Å²) in [6.45, 7) is 4.10. The van der Waals surface area contributed by atoms with E-state index < -0.39 is 0 Å². The maximum atomic E-state index is 10.00. The molecule has 0 amide bonds. The SMILES string of the molecule is COc1c(C)cc2c(c1C)[C@H](O)CCC2. The van der Waals surface area contributed by atoms with Crippen LogP contribution in [0.2, 0.25) is 0 Å². The maximum absolute atomic E-state index is 10.00. The molecule has 2 rings (SSSR count). The Morgan fingerprint density at radius 3 is 2.80 bits per heavy atom. The molecular formula is C13H18O2. The van der Waals surface area contributed by atoms with Gasteiger partial charge in [-0.3, -0.25) is 0 Å². The second-order valence-electron chi connectivity index (χ2n) is 4.33. The molecule has 0 saturated heterocycles. The molecule has 1 aliphatic rings. The number of rotatable bonds is 1. The van der Waals surface area contributed by atoms with E-state index in [0.717, 1.165) is 36.1 Å². The van der Waals surface area contributed by atoms with Gasteiger partial charge in [-0.15, -0.1) is 0 Å². The van der Waals surface area contributed by atoms with Crippen LogP contribution >= 0.6 is 0 Å². The zero-order chi connectivity index (χ0) is 11.0. The lowest BCUT2D eigenvalue weighted by molar-refractivity contribution is 0.155. The molecule has 1 atom stereocenters. The molecule has 0 aromatic heterocycles. The molecule has 1 aromatic rings. The van der Waals surface area contributed by atoms with Gasteiger partial charge < -0.3 is 9.84 Å². The van der Waals surface area contributed by atoms with E-state index in [0.29, 0.717) is 0 Å². The number of fused-ring (bicyclic) bond motifs is 1. The minimum absolute atomic E-state index is 0.303. The van der Waals surface area contributed by atoms with Gasteiger partial charge in [0, 0.05) is 0 Å². The average Bonchev–Trinajstić information content (AvgIpc) is 2.17. The van der Waals surface area contributed by atoms with Crippen LogP contribution in [0.25, 0.3) is 0 Å². The van der Waals surface area contributed by atoms with Gasteiger partial charge in [-0.25, -0.2) is 0 Å². The van der Waals surface area contributed by atoms with Gasteiger partial charge in [0.25, 0.3) is 0 Å². The zero-order valence-electron chi connectivity index (χ0n) is 9.63. The summed E-state index contributed by atoms with van der Waals surface area (Å²) in [4.78, 5) is 0. The zero-order valence-corrected chi connectivity index (χ0v) is 9.63. The van der Waals surface area contributed by atoms with Gasteiger partial charge in [-0.1, -0.05) is 6.07 Å². The second-order valence-corrected chi connectivity index (χ2v) is 4.33. The first-order valence-corrected chi connectivity index (χ1v) is 5.50. The molecule has 1 aliphatic carbocycles. The van der Waals surface area contributed by atoms with Gasteiger partial charge in [0.15, 0.2) is 0 Å². The summed E-state index contributed by atoms with van der Waals surface area (Å²) in [5.41, 5.74) is 4.68. The van der Waals surface area contributed by atoms with E-state index >= 15 is 0 Å². The Hall–Kier alpha value is -1.02. The van der Waals surface area contributed by atoms with Crippen molar-refractivity contribution in [1.82, 2.24) is 0 Å². The summed E-state index contributed by atoms with van der Waals surface area (Å²) >= 11 is 0. The van der Waals surface area contributed by atoms with Gasteiger partial charge in [0.1, 0.15) is 5.75 Å². The van der Waals surface area contributed by atoms with Crippen LogP contribution in [0.3, 0.4) is 0 Å². The van der Waals surface area contributed by atoms with E-state index in [2.05, 4.69) is 13.0 Å². The summed E-state index contributed by atoms with van der Waals surface area (Å²) in [6.07, 6.45) is 2.74. The van der Waals surface area contributed by atoms with E-state index in [1.54, 1.807) is 7.11 Å². The van der Waals surface area contributed by atoms with Crippen molar-refractivity contribution in [3.8, 4) is 5.75 Å². The van der Waals surface area contributed by atoms with Crippen LogP contribution in [-0.4, -0.2) is 12.2 Å². The summed E-state index contributed by atoms with van der Waals surface area (Å²) < 4.78 is 5.38. The normalized spacial score (nSPS) is 19.9. The number of ether oxygens (including phenoxy) is 1. The van der Waals surface area contributed by atoms with E-state index in [4.69, 9.17) is 4.74 Å². The fourth-order valence-corrected chi connectivity index (χ4v) is 2.68. The van der Waals surface area contributed by atoms with E-state index in [9.17, 15) is 5.11 Å². The van der Waals surface area contributed by atoms with Crippen molar-refractivity contribution < 1.29 is 9.84 Å². The van der Waals surface area contributed by atoms with Crippen molar-refractivity contribution in [3.05, 3.63) is 28.3 Å². The van der Waals surface area contributed by atoms with Crippen molar-refractivity contribution in [2.24, 2.45) is 0 Å². The Kier molecular flexibility index (Phi) is 2.70. The highest BCUT2D eigenvalue weighted by molar-refractivity contribution is 5.51. The number of aryl methyl sites for hydroxylation is 2. The monoisotopic (exact) mass is 206 g/mol. The number of hydrogen-bond donors (Lipinski definition) is 1. The summed E-state index contributed by atoms with van der Waals surface area (Å²) in [6, 6.07) is 2.16. The van der Waals surface area contributed by atoms with Crippen molar-refractivity contribution in [1.29, 1.82) is 0 Å². The minimum atomic E-state index is -0.303. The van der Waals surface area contributed by atoms with Crippen molar-refractivity contribution in [3.63, 3.8) is 0 Å². The quantitative estimate of drug-likeness (QED) is 0.765. The lowest BCUT2D eigenvalue weighted by atomic mass is 9.85. The van der Waals surface area contributed by atoms with Crippen molar-refractivity contribution in [2.75, 3.05) is 7.11 Å². The Morgan fingerprint density at radius 1 is 1.40 bits per heavy atom. The molecule has 15 heavy (non-hydrogen) atoms. The summed E-state index contributed by atoms with van der Waals surface area (Å²) in [5, 5.41) is 10.00. The molecular weight excluding hydrogens is 188 g/mol. The molecule has 82 valence electrons. The molecule has 1 N–H and O–H groups in total. The third-order valence-electron chi connectivity index (χ3n) is 3.30. The van der Waals surface area contributed by atoms with Gasteiger partial charge in [0.2, 0.25) is 0 Å². The molecule has 2 heteroatoms. The average molecular weight is 206 g/mol. The highest BCUT2D eigenvalue weighted by atomic mass is 16.5. The molecule has 0 aliphatic heterocycles. The number of aliphatic hydroxyl groups is 1. The first-order valence-electron chi connectivity index (χ1n) is 5.50. The highest BCUT2D eigenvalue weighted by Crippen LogP contribution is 2.38. The molecule has 1 aromatic carbocycles.